The summed E-state index contributed by atoms with van der Waals surface area (Å²) >= 11 is 0. The molecule has 0 saturated carbocycles. The quantitative estimate of drug-likeness (QED) is 0.160. The van der Waals surface area contributed by atoms with Gasteiger partial charge in [-0.2, -0.15) is 0 Å². The van der Waals surface area contributed by atoms with Crippen LogP contribution in [0.1, 0.15) is 67.6 Å². The smallest absolute Gasteiger partial charge is 0.399 e. The zero-order valence-corrected chi connectivity index (χ0v) is 30.7. The Morgan fingerprint density at radius 2 is 1.18 bits per heavy atom. The van der Waals surface area contributed by atoms with Crippen LogP contribution >= 0.6 is 0 Å². The molecule has 4 amide bonds. The molecular formula is C31H40N2O8SSi3. The van der Waals surface area contributed by atoms with E-state index < -0.39 is 58.7 Å². The van der Waals surface area contributed by atoms with Gasteiger partial charge in [0.2, 0.25) is 9.84 Å². The molecule has 0 bridgehead atoms. The summed E-state index contributed by atoms with van der Waals surface area (Å²) in [5.41, 5.74) is 3.09. The van der Waals surface area contributed by atoms with E-state index in [4.69, 9.17) is 14.7 Å². The summed E-state index contributed by atoms with van der Waals surface area (Å²) in [6, 6.07) is 9.19. The first kappa shape index (κ1) is 34.7. The van der Waals surface area contributed by atoms with Crippen LogP contribution in [-0.2, 0) is 18.1 Å². The number of unbranched alkanes of at least 4 members (excludes halogenated alkanes) is 1. The molecule has 2 aliphatic rings. The Balaban J connectivity index is 1.45. The van der Waals surface area contributed by atoms with Gasteiger partial charge in [0, 0.05) is 13.6 Å². The number of sulfone groups is 1. The zero-order chi connectivity index (χ0) is 33.5. The van der Waals surface area contributed by atoms with Gasteiger partial charge in [0.25, 0.3) is 23.6 Å². The lowest BCUT2D eigenvalue weighted by Gasteiger charge is -2.37. The maximum absolute atomic E-state index is 13.5. The summed E-state index contributed by atoms with van der Waals surface area (Å²) in [6.45, 7) is 12.6. The third-order valence-corrected chi connectivity index (χ3v) is 21.0. The van der Waals surface area contributed by atoms with Crippen LogP contribution in [0, 0.1) is 12.0 Å². The van der Waals surface area contributed by atoms with Gasteiger partial charge in [0.05, 0.1) is 32.0 Å². The number of carbonyl (C=O) groups is 4. The molecule has 0 radical (unpaired) electrons. The van der Waals surface area contributed by atoms with Gasteiger partial charge in [-0.15, -0.1) is 6.42 Å². The molecule has 14 heteroatoms. The van der Waals surface area contributed by atoms with Crippen LogP contribution in [0.5, 0.6) is 0 Å². The first-order chi connectivity index (χ1) is 20.9. The van der Waals surface area contributed by atoms with Crippen molar-refractivity contribution in [3.8, 4) is 12.0 Å². The number of carbonyl (C=O) groups excluding carboxylic acids is 4. The van der Waals surface area contributed by atoms with Crippen molar-refractivity contribution in [2.45, 2.75) is 80.8 Å². The minimum atomic E-state index is -4.17. The van der Waals surface area contributed by atoms with Gasteiger partial charge in [0.15, 0.2) is 16.6 Å². The van der Waals surface area contributed by atoms with Crippen LogP contribution in [0.15, 0.2) is 46.2 Å². The number of amides is 4. The van der Waals surface area contributed by atoms with Crippen molar-refractivity contribution < 1.29 is 35.8 Å². The highest BCUT2D eigenvalue weighted by atomic mass is 32.2. The van der Waals surface area contributed by atoms with E-state index >= 15 is 0 Å². The number of terminal acetylenes is 1. The Labute approximate surface area is 268 Å². The van der Waals surface area contributed by atoms with Gasteiger partial charge in [-0.1, -0.05) is 25.3 Å². The molecule has 45 heavy (non-hydrogen) atoms. The fraction of sp³-hybridized carbons (Fsp3) is 0.419. The lowest BCUT2D eigenvalue weighted by molar-refractivity contribution is 0.0648. The van der Waals surface area contributed by atoms with Crippen LogP contribution in [0.25, 0.3) is 0 Å². The summed E-state index contributed by atoms with van der Waals surface area (Å²) < 4.78 is 40.1. The number of hydrogen-bond donors (Lipinski definition) is 0. The van der Waals surface area contributed by atoms with Crippen molar-refractivity contribution >= 4 is 58.7 Å². The van der Waals surface area contributed by atoms with Crippen LogP contribution in [0.4, 0.5) is 0 Å². The number of imide groups is 2. The van der Waals surface area contributed by atoms with Gasteiger partial charge >= 0.3 is 8.56 Å². The summed E-state index contributed by atoms with van der Waals surface area (Å²) in [4.78, 5) is 52.8. The number of hydrogen-bond acceptors (Lipinski definition) is 8. The zero-order valence-electron chi connectivity index (χ0n) is 26.9. The molecule has 0 aromatic heterocycles. The second kappa shape index (κ2) is 12.5. The molecule has 0 spiro atoms. The molecule has 4 rings (SSSR count). The van der Waals surface area contributed by atoms with Crippen molar-refractivity contribution in [3.63, 3.8) is 0 Å². The van der Waals surface area contributed by atoms with Crippen molar-refractivity contribution in [2.75, 3.05) is 13.6 Å². The molecule has 0 saturated heterocycles. The second-order valence-electron chi connectivity index (χ2n) is 12.9. The molecule has 1 unspecified atom stereocenters. The van der Waals surface area contributed by atoms with Gasteiger partial charge in [-0.25, -0.2) is 8.42 Å². The SMILES string of the molecule is C#C[Si](C)(O[Si](C)(C)CCCC)O[Si](C)(C)CCCN1C(=O)c2ccc(S(=O)(=O)c3ccc4c(c3)C(=O)N(C)C4=O)cc2C1=O. The summed E-state index contributed by atoms with van der Waals surface area (Å²) in [7, 11) is -10.0. The molecule has 2 aromatic rings. The topological polar surface area (TPSA) is 127 Å². The highest BCUT2D eigenvalue weighted by Gasteiger charge is 2.43. The molecular weight excluding hydrogens is 645 g/mol. The molecule has 10 nitrogen and oxygen atoms in total. The van der Waals surface area contributed by atoms with Crippen LogP contribution < -0.4 is 0 Å². The Morgan fingerprint density at radius 1 is 0.733 bits per heavy atom. The van der Waals surface area contributed by atoms with E-state index in [0.717, 1.165) is 28.7 Å². The van der Waals surface area contributed by atoms with E-state index in [2.05, 4.69) is 38.7 Å². The van der Waals surface area contributed by atoms with E-state index in [1.54, 1.807) is 0 Å². The highest BCUT2D eigenvalue weighted by molar-refractivity contribution is 7.91. The molecule has 0 aliphatic carbocycles. The van der Waals surface area contributed by atoms with E-state index in [0.29, 0.717) is 12.5 Å². The van der Waals surface area contributed by atoms with Crippen molar-refractivity contribution in [2.24, 2.45) is 0 Å². The molecule has 0 N–H and O–H groups in total. The molecule has 2 aliphatic heterocycles. The number of fused-ring (bicyclic) bond motifs is 2. The lowest BCUT2D eigenvalue weighted by Crippen LogP contribution is -2.53. The number of benzene rings is 2. The summed E-state index contributed by atoms with van der Waals surface area (Å²) in [5.74, 6) is -2.16. The standard InChI is InChI=1S/C31H40N2O8SSi3/c1-9-11-18-43(4,5)40-45(8,10-2)41-44(6,7)19-12-17-33-30(36)25-16-14-23(21-27(25)31(33)37)42(38,39)22-13-15-24-26(20-22)29(35)32(3)28(24)34/h2,13-16,20-21H,9,11-12,17-19H2,1,3-8H3. The third kappa shape index (κ3) is 6.98. The largest absolute Gasteiger partial charge is 0.428 e. The monoisotopic (exact) mass is 684 g/mol. The molecule has 240 valence electrons. The number of nitrogens with zero attached hydrogens (tertiary/aromatic N) is 2. The molecule has 0 fully saturated rings. The number of rotatable bonds is 13. The Kier molecular flexibility index (Phi) is 9.66. The first-order valence-corrected chi connectivity index (χ1v) is 25.0. The van der Waals surface area contributed by atoms with Gasteiger partial charge < -0.3 is 8.23 Å². The van der Waals surface area contributed by atoms with Crippen molar-refractivity contribution in [3.05, 3.63) is 58.7 Å². The van der Waals surface area contributed by atoms with E-state index in [1.165, 1.54) is 43.4 Å². The Bertz CT molecular complexity index is 1730. The maximum Gasteiger partial charge on any atom is 0.399 e. The molecule has 1 atom stereocenters. The third-order valence-electron chi connectivity index (χ3n) is 8.12. The van der Waals surface area contributed by atoms with Gasteiger partial charge in [0.1, 0.15) is 0 Å². The van der Waals surface area contributed by atoms with E-state index in [1.807, 2.05) is 6.55 Å². The Morgan fingerprint density at radius 3 is 1.69 bits per heavy atom. The van der Waals surface area contributed by atoms with Gasteiger partial charge in [-0.05, 0) is 87.6 Å². The predicted molar refractivity (Wildman–Crippen MR) is 177 cm³/mol. The predicted octanol–water partition coefficient (Wildman–Crippen LogP) is 5.22. The normalized spacial score (nSPS) is 16.6. The average molecular weight is 685 g/mol. The summed E-state index contributed by atoms with van der Waals surface area (Å²) in [6.07, 6.45) is 8.58. The fourth-order valence-electron chi connectivity index (χ4n) is 5.79. The minimum Gasteiger partial charge on any atom is -0.428 e. The highest BCUT2D eigenvalue weighted by Crippen LogP contribution is 2.32. The maximum atomic E-state index is 13.5. The van der Waals surface area contributed by atoms with Gasteiger partial charge in [-0.3, -0.25) is 29.0 Å². The minimum absolute atomic E-state index is 0.000890. The molecule has 2 heterocycles. The van der Waals surface area contributed by atoms with Crippen LogP contribution in [0.2, 0.25) is 44.8 Å². The van der Waals surface area contributed by atoms with Crippen LogP contribution in [0.3, 0.4) is 0 Å². The summed E-state index contributed by atoms with van der Waals surface area (Å²) in [5, 5.41) is 0. The van der Waals surface area contributed by atoms with Crippen molar-refractivity contribution in [1.29, 1.82) is 0 Å². The van der Waals surface area contributed by atoms with Crippen LogP contribution in [-0.4, -0.2) is 80.6 Å². The average Bonchev–Trinajstić information content (AvgIpc) is 3.34. The first-order valence-electron chi connectivity index (χ1n) is 15.0. The lowest BCUT2D eigenvalue weighted by atomic mass is 10.1. The van der Waals surface area contributed by atoms with Crippen molar-refractivity contribution in [1.82, 2.24) is 9.80 Å². The Hall–Kier alpha value is -3.20. The fourth-order valence-corrected chi connectivity index (χ4v) is 19.6. The second-order valence-corrected chi connectivity index (χ2v) is 26.7. The van der Waals surface area contributed by atoms with E-state index in [-0.39, 0.29) is 38.6 Å². The molecule has 2 aromatic carbocycles. The van der Waals surface area contributed by atoms with E-state index in [9.17, 15) is 27.6 Å².